The highest BCUT2D eigenvalue weighted by Crippen LogP contribution is 2.35. The monoisotopic (exact) mass is 167 g/mol. The number of guanidine groups is 1. The summed E-state index contributed by atoms with van der Waals surface area (Å²) >= 11 is 0. The Morgan fingerprint density at radius 2 is 2.00 bits per heavy atom. The van der Waals surface area contributed by atoms with E-state index < -0.39 is 0 Å². The Bertz CT molecular complexity index is 190. The number of nitrogens with one attached hydrogen (secondary N) is 1. The Morgan fingerprint density at radius 3 is 2.75 bits per heavy atom. The number of hydrogen-bond donors (Lipinski definition) is 2. The summed E-state index contributed by atoms with van der Waals surface area (Å²) in [6.07, 6.45) is 6.57. The molecule has 2 aliphatic rings. The molecule has 0 unspecified atom stereocenters. The van der Waals surface area contributed by atoms with Gasteiger partial charge in [0.05, 0.1) is 0 Å². The molecular weight excluding hydrogens is 150 g/mol. The van der Waals surface area contributed by atoms with Crippen molar-refractivity contribution in [2.24, 2.45) is 11.7 Å². The van der Waals surface area contributed by atoms with Crippen molar-refractivity contribution in [3.05, 3.63) is 0 Å². The molecule has 1 saturated carbocycles. The molecule has 2 fully saturated rings. The fourth-order valence-corrected chi connectivity index (χ4v) is 2.70. The van der Waals surface area contributed by atoms with E-state index in [9.17, 15) is 0 Å². The van der Waals surface area contributed by atoms with Crippen molar-refractivity contribution >= 4 is 5.96 Å². The van der Waals surface area contributed by atoms with Gasteiger partial charge in [0.25, 0.3) is 0 Å². The molecule has 0 bridgehead atoms. The Morgan fingerprint density at radius 1 is 1.25 bits per heavy atom. The first-order valence-electron chi connectivity index (χ1n) is 4.89. The van der Waals surface area contributed by atoms with Crippen LogP contribution in [0.25, 0.3) is 0 Å². The maximum atomic E-state index is 7.42. The zero-order valence-corrected chi connectivity index (χ0v) is 7.42. The second-order valence-electron chi connectivity index (χ2n) is 3.98. The van der Waals surface area contributed by atoms with Gasteiger partial charge in [0, 0.05) is 12.6 Å². The molecule has 2 atom stereocenters. The van der Waals surface area contributed by atoms with Crippen molar-refractivity contribution in [3.63, 3.8) is 0 Å². The van der Waals surface area contributed by atoms with Crippen LogP contribution in [0.5, 0.6) is 0 Å². The number of nitrogens with two attached hydrogens (primary N) is 1. The Balaban J connectivity index is 2.05. The molecule has 3 nitrogen and oxygen atoms in total. The first kappa shape index (κ1) is 7.90. The largest absolute Gasteiger partial charge is 0.370 e. The van der Waals surface area contributed by atoms with E-state index in [4.69, 9.17) is 11.1 Å². The summed E-state index contributed by atoms with van der Waals surface area (Å²) in [5.74, 6) is 1.12. The summed E-state index contributed by atoms with van der Waals surface area (Å²) in [4.78, 5) is 2.09. The van der Waals surface area contributed by atoms with Crippen LogP contribution in [0, 0.1) is 11.3 Å². The first-order valence-corrected chi connectivity index (χ1v) is 4.89. The van der Waals surface area contributed by atoms with E-state index >= 15 is 0 Å². The Labute approximate surface area is 73.4 Å². The average molecular weight is 167 g/mol. The third kappa shape index (κ3) is 1.17. The highest BCUT2D eigenvalue weighted by Gasteiger charge is 2.35. The van der Waals surface area contributed by atoms with Gasteiger partial charge in [0.2, 0.25) is 0 Å². The Hall–Kier alpha value is -0.730. The molecular formula is C9H17N3. The topological polar surface area (TPSA) is 53.1 Å². The van der Waals surface area contributed by atoms with Gasteiger partial charge in [-0.05, 0) is 25.2 Å². The van der Waals surface area contributed by atoms with Gasteiger partial charge in [0.15, 0.2) is 5.96 Å². The lowest BCUT2D eigenvalue weighted by atomic mass is 9.85. The predicted molar refractivity (Wildman–Crippen MR) is 49.0 cm³/mol. The summed E-state index contributed by atoms with van der Waals surface area (Å²) in [5, 5.41) is 7.42. The lowest BCUT2D eigenvalue weighted by Gasteiger charge is -2.31. The molecule has 1 heterocycles. The summed E-state index contributed by atoms with van der Waals surface area (Å²) in [5.41, 5.74) is 5.51. The van der Waals surface area contributed by atoms with Gasteiger partial charge in [-0.3, -0.25) is 5.41 Å². The van der Waals surface area contributed by atoms with E-state index in [0.29, 0.717) is 6.04 Å². The molecule has 1 saturated heterocycles. The van der Waals surface area contributed by atoms with E-state index in [1.54, 1.807) is 0 Å². The van der Waals surface area contributed by atoms with Crippen LogP contribution in [0.15, 0.2) is 0 Å². The van der Waals surface area contributed by atoms with Crippen molar-refractivity contribution in [3.8, 4) is 0 Å². The minimum Gasteiger partial charge on any atom is -0.370 e. The van der Waals surface area contributed by atoms with Gasteiger partial charge < -0.3 is 10.6 Å². The fraction of sp³-hybridized carbons (Fsp3) is 0.889. The molecule has 0 spiro atoms. The van der Waals surface area contributed by atoms with Crippen LogP contribution in [-0.2, 0) is 0 Å². The SMILES string of the molecule is N=C(N)N1CC[C@H]2CCCC[C@@H]21. The molecule has 1 aliphatic heterocycles. The highest BCUT2D eigenvalue weighted by molar-refractivity contribution is 5.75. The predicted octanol–water partition coefficient (Wildman–Crippen LogP) is 1.14. The molecule has 3 heteroatoms. The second-order valence-corrected chi connectivity index (χ2v) is 3.98. The third-order valence-corrected chi connectivity index (χ3v) is 3.32. The lowest BCUT2D eigenvalue weighted by molar-refractivity contribution is 0.251. The van der Waals surface area contributed by atoms with Crippen LogP contribution in [0.3, 0.4) is 0 Å². The molecule has 1 aliphatic carbocycles. The van der Waals surface area contributed by atoms with Crippen molar-refractivity contribution in [2.75, 3.05) is 6.54 Å². The summed E-state index contributed by atoms with van der Waals surface area (Å²) in [6, 6.07) is 0.608. The molecule has 0 amide bonds. The van der Waals surface area contributed by atoms with E-state index in [-0.39, 0.29) is 5.96 Å². The lowest BCUT2D eigenvalue weighted by Crippen LogP contribution is -2.42. The molecule has 0 aromatic rings. The first-order chi connectivity index (χ1) is 5.79. The van der Waals surface area contributed by atoms with E-state index in [2.05, 4.69) is 4.90 Å². The smallest absolute Gasteiger partial charge is 0.188 e. The normalized spacial score (nSPS) is 34.8. The number of hydrogen-bond acceptors (Lipinski definition) is 1. The molecule has 0 aromatic heterocycles. The zero-order valence-electron chi connectivity index (χ0n) is 7.42. The summed E-state index contributed by atoms with van der Waals surface area (Å²) < 4.78 is 0. The van der Waals surface area contributed by atoms with Crippen LogP contribution in [0.1, 0.15) is 32.1 Å². The van der Waals surface area contributed by atoms with E-state index in [1.807, 2.05) is 0 Å². The van der Waals surface area contributed by atoms with Crippen molar-refractivity contribution < 1.29 is 0 Å². The molecule has 0 radical (unpaired) electrons. The van der Waals surface area contributed by atoms with Crippen LogP contribution < -0.4 is 5.73 Å². The molecule has 0 aromatic carbocycles. The number of fused-ring (bicyclic) bond motifs is 1. The van der Waals surface area contributed by atoms with Crippen molar-refractivity contribution in [1.82, 2.24) is 4.90 Å². The van der Waals surface area contributed by atoms with Gasteiger partial charge in [-0.1, -0.05) is 12.8 Å². The van der Waals surface area contributed by atoms with Gasteiger partial charge in [0.1, 0.15) is 0 Å². The van der Waals surface area contributed by atoms with Crippen molar-refractivity contribution in [2.45, 2.75) is 38.1 Å². The molecule has 3 N–H and O–H groups in total. The maximum absolute atomic E-state index is 7.42. The van der Waals surface area contributed by atoms with E-state index in [0.717, 1.165) is 12.5 Å². The molecule has 12 heavy (non-hydrogen) atoms. The number of rotatable bonds is 0. The van der Waals surface area contributed by atoms with Gasteiger partial charge in [-0.15, -0.1) is 0 Å². The van der Waals surface area contributed by atoms with Crippen LogP contribution in [-0.4, -0.2) is 23.4 Å². The summed E-state index contributed by atoms with van der Waals surface area (Å²) in [6.45, 7) is 1.02. The van der Waals surface area contributed by atoms with Crippen LogP contribution in [0.2, 0.25) is 0 Å². The van der Waals surface area contributed by atoms with Crippen LogP contribution in [0.4, 0.5) is 0 Å². The highest BCUT2D eigenvalue weighted by atomic mass is 15.3. The standard InChI is InChI=1S/C9H17N3/c10-9(11)12-6-5-7-3-1-2-4-8(7)12/h7-8H,1-6H2,(H3,10,11)/t7-,8+/m1/s1. The number of likely N-dealkylation sites (tertiary alicyclic amines) is 1. The van der Waals surface area contributed by atoms with Gasteiger partial charge in [-0.2, -0.15) is 0 Å². The zero-order chi connectivity index (χ0) is 8.55. The quantitative estimate of drug-likeness (QED) is 0.420. The molecule has 68 valence electrons. The Kier molecular flexibility index (Phi) is 1.95. The van der Waals surface area contributed by atoms with Crippen molar-refractivity contribution in [1.29, 1.82) is 5.41 Å². The van der Waals surface area contributed by atoms with E-state index in [1.165, 1.54) is 32.1 Å². The van der Waals surface area contributed by atoms with Gasteiger partial charge in [-0.25, -0.2) is 0 Å². The fourth-order valence-electron chi connectivity index (χ4n) is 2.70. The molecule has 2 rings (SSSR count). The maximum Gasteiger partial charge on any atom is 0.188 e. The minimum absolute atomic E-state index is 0.282. The number of nitrogens with zero attached hydrogens (tertiary/aromatic N) is 1. The minimum atomic E-state index is 0.282. The van der Waals surface area contributed by atoms with Crippen LogP contribution >= 0.6 is 0 Å². The summed E-state index contributed by atoms with van der Waals surface area (Å²) in [7, 11) is 0. The second kappa shape index (κ2) is 2.96. The third-order valence-electron chi connectivity index (χ3n) is 3.32. The van der Waals surface area contributed by atoms with Gasteiger partial charge >= 0.3 is 0 Å². The average Bonchev–Trinajstić information content (AvgIpc) is 2.47.